The lowest BCUT2D eigenvalue weighted by atomic mass is 9.87. The van der Waals surface area contributed by atoms with E-state index in [-0.39, 0.29) is 5.54 Å². The van der Waals surface area contributed by atoms with Crippen LogP contribution in [-0.2, 0) is 0 Å². The minimum atomic E-state index is -0.0151. The number of methoxy groups -OCH3 is 1. The molecule has 0 saturated carbocycles. The van der Waals surface area contributed by atoms with Crippen LogP contribution in [0.15, 0.2) is 65.7 Å². The second-order valence-electron chi connectivity index (χ2n) is 8.53. The van der Waals surface area contributed by atoms with Crippen molar-refractivity contribution in [1.82, 2.24) is 0 Å². The van der Waals surface area contributed by atoms with Gasteiger partial charge in [-0.1, -0.05) is 43.3 Å². The topological polar surface area (TPSA) is 24.8 Å². The molecule has 0 aromatic heterocycles. The van der Waals surface area contributed by atoms with Gasteiger partial charge in [0.2, 0.25) is 0 Å². The molecule has 0 N–H and O–H groups in total. The molecule has 0 fully saturated rings. The van der Waals surface area contributed by atoms with Gasteiger partial charge in [0.1, 0.15) is 5.75 Å². The van der Waals surface area contributed by atoms with Gasteiger partial charge in [0, 0.05) is 35.6 Å². The van der Waals surface area contributed by atoms with Crippen molar-refractivity contribution in [1.29, 1.82) is 0 Å². The van der Waals surface area contributed by atoms with Gasteiger partial charge in [-0.25, -0.2) is 0 Å². The van der Waals surface area contributed by atoms with Crippen molar-refractivity contribution in [3.8, 4) is 5.75 Å². The predicted molar refractivity (Wildman–Crippen MR) is 130 cm³/mol. The van der Waals surface area contributed by atoms with Gasteiger partial charge in [-0.3, -0.25) is 4.99 Å². The normalized spacial score (nSPS) is 15.4. The molecule has 0 saturated heterocycles. The van der Waals surface area contributed by atoms with E-state index in [4.69, 9.17) is 9.73 Å². The number of rotatable bonds is 5. The number of hydrogen-bond acceptors (Lipinski definition) is 3. The zero-order chi connectivity index (χ0) is 21.3. The third-order valence-corrected chi connectivity index (χ3v) is 5.86. The van der Waals surface area contributed by atoms with Crippen LogP contribution in [0.2, 0.25) is 0 Å². The molecule has 3 aromatic carbocycles. The van der Waals surface area contributed by atoms with E-state index in [9.17, 15) is 0 Å². The molecule has 154 valence electrons. The quantitative estimate of drug-likeness (QED) is 0.432. The summed E-state index contributed by atoms with van der Waals surface area (Å²) in [6.45, 7) is 9.98. The molecule has 3 aromatic rings. The summed E-state index contributed by atoms with van der Waals surface area (Å²) in [5.41, 5.74) is 5.71. The van der Waals surface area contributed by atoms with E-state index in [0.29, 0.717) is 0 Å². The minimum Gasteiger partial charge on any atom is -0.496 e. The summed E-state index contributed by atoms with van der Waals surface area (Å²) < 4.78 is 5.76. The average Bonchev–Trinajstić information content (AvgIpc) is 2.74. The van der Waals surface area contributed by atoms with E-state index in [1.807, 2.05) is 6.21 Å². The third-order valence-electron chi connectivity index (χ3n) is 5.86. The summed E-state index contributed by atoms with van der Waals surface area (Å²) in [6.07, 6.45) is 5.38. The van der Waals surface area contributed by atoms with Crippen molar-refractivity contribution in [2.75, 3.05) is 18.6 Å². The summed E-state index contributed by atoms with van der Waals surface area (Å²) in [5, 5.41) is 2.42. The van der Waals surface area contributed by atoms with Crippen molar-refractivity contribution in [2.24, 2.45) is 4.99 Å². The Morgan fingerprint density at radius 1 is 1.03 bits per heavy atom. The number of hydrogen-bond donors (Lipinski definition) is 0. The van der Waals surface area contributed by atoms with Crippen molar-refractivity contribution >= 4 is 33.9 Å². The third kappa shape index (κ3) is 3.72. The van der Waals surface area contributed by atoms with E-state index in [0.717, 1.165) is 30.0 Å². The molecule has 0 amide bonds. The van der Waals surface area contributed by atoms with Gasteiger partial charge >= 0.3 is 0 Å². The monoisotopic (exact) mass is 398 g/mol. The molecule has 3 heteroatoms. The Morgan fingerprint density at radius 3 is 2.53 bits per heavy atom. The molecular formula is C27H30N2O. The van der Waals surface area contributed by atoms with Gasteiger partial charge in [0.15, 0.2) is 0 Å². The van der Waals surface area contributed by atoms with E-state index in [1.54, 1.807) is 7.11 Å². The SMILES string of the molecule is CCCN1c2cc(OC)c(C=Nc3ccc4ccccc4c3)cc2C(C)=CC1(C)C. The molecule has 0 unspecified atom stereocenters. The van der Waals surface area contributed by atoms with Gasteiger partial charge < -0.3 is 9.64 Å². The van der Waals surface area contributed by atoms with Gasteiger partial charge in [-0.15, -0.1) is 0 Å². The first kappa shape index (κ1) is 20.2. The smallest absolute Gasteiger partial charge is 0.129 e. The lowest BCUT2D eigenvalue weighted by Crippen LogP contribution is -2.45. The fourth-order valence-electron chi connectivity index (χ4n) is 4.43. The molecule has 0 atom stereocenters. The average molecular weight is 399 g/mol. The van der Waals surface area contributed by atoms with Crippen molar-refractivity contribution in [3.05, 3.63) is 71.8 Å². The van der Waals surface area contributed by atoms with E-state index in [1.165, 1.54) is 27.6 Å². The maximum absolute atomic E-state index is 5.76. The molecule has 3 nitrogen and oxygen atoms in total. The second-order valence-corrected chi connectivity index (χ2v) is 8.53. The number of aliphatic imine (C=N–C) groups is 1. The van der Waals surface area contributed by atoms with Crippen LogP contribution in [0.4, 0.5) is 11.4 Å². The van der Waals surface area contributed by atoms with Crippen molar-refractivity contribution in [3.63, 3.8) is 0 Å². The Balaban J connectivity index is 1.75. The van der Waals surface area contributed by atoms with Crippen LogP contribution in [0, 0.1) is 0 Å². The molecule has 0 radical (unpaired) electrons. The molecule has 0 bridgehead atoms. The Hall–Kier alpha value is -3.07. The van der Waals surface area contributed by atoms with Crippen LogP contribution >= 0.6 is 0 Å². The summed E-state index contributed by atoms with van der Waals surface area (Å²) in [6, 6.07) is 19.0. The zero-order valence-electron chi connectivity index (χ0n) is 18.6. The second kappa shape index (κ2) is 7.98. The molecule has 0 aliphatic carbocycles. The Kier molecular flexibility index (Phi) is 5.38. The maximum atomic E-state index is 5.76. The Morgan fingerprint density at radius 2 is 1.80 bits per heavy atom. The number of fused-ring (bicyclic) bond motifs is 2. The summed E-state index contributed by atoms with van der Waals surface area (Å²) in [7, 11) is 1.73. The first-order chi connectivity index (χ1) is 14.4. The molecular weight excluding hydrogens is 368 g/mol. The van der Waals surface area contributed by atoms with E-state index >= 15 is 0 Å². The number of anilines is 1. The molecule has 30 heavy (non-hydrogen) atoms. The molecule has 1 aliphatic rings. The lowest BCUT2D eigenvalue weighted by molar-refractivity contribution is 0.413. The fourth-order valence-corrected chi connectivity index (χ4v) is 4.43. The number of benzene rings is 3. The first-order valence-corrected chi connectivity index (χ1v) is 10.7. The zero-order valence-corrected chi connectivity index (χ0v) is 18.6. The highest BCUT2D eigenvalue weighted by Gasteiger charge is 2.31. The fraction of sp³-hybridized carbons (Fsp3) is 0.296. The van der Waals surface area contributed by atoms with Gasteiger partial charge in [-0.2, -0.15) is 0 Å². The van der Waals surface area contributed by atoms with Gasteiger partial charge in [0.25, 0.3) is 0 Å². The first-order valence-electron chi connectivity index (χ1n) is 10.7. The van der Waals surface area contributed by atoms with Crippen LogP contribution < -0.4 is 9.64 Å². The molecule has 4 rings (SSSR count). The van der Waals surface area contributed by atoms with Crippen LogP contribution in [0.1, 0.15) is 45.2 Å². The van der Waals surface area contributed by atoms with Gasteiger partial charge in [0.05, 0.1) is 18.3 Å². The molecule has 0 spiro atoms. The van der Waals surface area contributed by atoms with Crippen LogP contribution in [0.5, 0.6) is 5.75 Å². The highest BCUT2D eigenvalue weighted by Crippen LogP contribution is 2.42. The minimum absolute atomic E-state index is 0.0151. The number of ether oxygens (including phenoxy) is 1. The summed E-state index contributed by atoms with van der Waals surface area (Å²) >= 11 is 0. The maximum Gasteiger partial charge on any atom is 0.129 e. The molecule has 1 aliphatic heterocycles. The Labute approximate surface area is 179 Å². The van der Waals surface area contributed by atoms with Gasteiger partial charge in [-0.05, 0) is 61.7 Å². The largest absolute Gasteiger partial charge is 0.496 e. The van der Waals surface area contributed by atoms with Crippen LogP contribution in [0.25, 0.3) is 16.3 Å². The van der Waals surface area contributed by atoms with Crippen molar-refractivity contribution < 1.29 is 4.74 Å². The number of allylic oxidation sites excluding steroid dienone is 1. The van der Waals surface area contributed by atoms with E-state index in [2.05, 4.69) is 93.3 Å². The lowest BCUT2D eigenvalue weighted by Gasteiger charge is -2.43. The van der Waals surface area contributed by atoms with Crippen LogP contribution in [0.3, 0.4) is 0 Å². The summed E-state index contributed by atoms with van der Waals surface area (Å²) in [5.74, 6) is 0.852. The Bertz CT molecular complexity index is 1140. The highest BCUT2D eigenvalue weighted by molar-refractivity contribution is 5.93. The number of nitrogens with zero attached hydrogens (tertiary/aromatic N) is 2. The predicted octanol–water partition coefficient (Wildman–Crippen LogP) is 7.01. The van der Waals surface area contributed by atoms with Crippen molar-refractivity contribution in [2.45, 2.75) is 39.7 Å². The highest BCUT2D eigenvalue weighted by atomic mass is 16.5. The molecule has 1 heterocycles. The van der Waals surface area contributed by atoms with E-state index < -0.39 is 0 Å². The standard InChI is InChI=1S/C27H30N2O/c1-6-13-29-25-16-26(30-5)22(15-24(25)19(2)17-27(29,3)4)18-28-23-12-11-20-9-7-8-10-21(20)14-23/h7-12,14-18H,6,13H2,1-5H3. The van der Waals surface area contributed by atoms with Crippen LogP contribution in [-0.4, -0.2) is 25.4 Å². The summed E-state index contributed by atoms with van der Waals surface area (Å²) in [4.78, 5) is 7.23.